The number of sulfonamides is 1. The van der Waals surface area contributed by atoms with Crippen molar-refractivity contribution >= 4 is 32.7 Å². The fourth-order valence-electron chi connectivity index (χ4n) is 4.57. The van der Waals surface area contributed by atoms with E-state index in [4.69, 9.17) is 4.74 Å². The smallest absolute Gasteiger partial charge is 0.406 e. The summed E-state index contributed by atoms with van der Waals surface area (Å²) in [4.78, 5) is 9.18. The number of nitrogens with zero attached hydrogens (tertiary/aromatic N) is 2. The largest absolute Gasteiger partial charge is 0.573 e. The minimum Gasteiger partial charge on any atom is -0.406 e. The summed E-state index contributed by atoms with van der Waals surface area (Å²) in [6.07, 6.45) is -1.27. The van der Waals surface area contributed by atoms with Crippen molar-refractivity contribution in [2.75, 3.05) is 44.0 Å². The third kappa shape index (κ3) is 8.41. The number of rotatable bonds is 12. The molecule has 2 aromatic carbocycles. The third-order valence-electron chi connectivity index (χ3n) is 6.65. The number of hydrogen-bond acceptors (Lipinski definition) is 8. The number of para-hydroxylation sites is 1. The van der Waals surface area contributed by atoms with E-state index in [0.29, 0.717) is 31.6 Å². The standard InChI is InChI=1S/C26H32F3N5O4S/c1-37-15-14-30-24-22-4-2-3-5-23(22)33-25(34-24)31-16-18-6-8-19(9-7-18)17-32-39(35,36)21-12-10-20(11-13-21)38-26(27,28)29/h2-5,10-13,18-19,32H,6-9,14-17H2,1H3,(H2,30,31,33,34)/t18-,19-. The number of halogens is 3. The Morgan fingerprint density at radius 1 is 0.923 bits per heavy atom. The quantitative estimate of drug-likeness (QED) is 0.268. The third-order valence-corrected chi connectivity index (χ3v) is 8.09. The monoisotopic (exact) mass is 567 g/mol. The number of ether oxygens (including phenoxy) is 2. The van der Waals surface area contributed by atoms with Crippen LogP contribution in [0.25, 0.3) is 10.9 Å². The molecule has 1 aromatic heterocycles. The summed E-state index contributed by atoms with van der Waals surface area (Å²) in [5.74, 6) is 1.41. The lowest BCUT2D eigenvalue weighted by molar-refractivity contribution is -0.274. The first-order valence-corrected chi connectivity index (χ1v) is 14.2. The minimum atomic E-state index is -4.83. The van der Waals surface area contributed by atoms with Crippen LogP contribution < -0.4 is 20.1 Å². The summed E-state index contributed by atoms with van der Waals surface area (Å²) >= 11 is 0. The van der Waals surface area contributed by atoms with Crippen LogP contribution in [0.15, 0.2) is 53.4 Å². The predicted molar refractivity (Wildman–Crippen MR) is 142 cm³/mol. The molecule has 1 aliphatic rings. The Hall–Kier alpha value is -3.16. The maximum absolute atomic E-state index is 12.6. The molecule has 1 saturated carbocycles. The summed E-state index contributed by atoms with van der Waals surface area (Å²) in [5, 5.41) is 7.60. The lowest BCUT2D eigenvalue weighted by Gasteiger charge is -2.28. The molecule has 0 amide bonds. The highest BCUT2D eigenvalue weighted by atomic mass is 32.2. The molecule has 212 valence electrons. The molecule has 13 heteroatoms. The number of fused-ring (bicyclic) bond motifs is 1. The SMILES string of the molecule is COCCNc1nc(NC[C@H]2CC[C@H](CNS(=O)(=O)c3ccc(OC(F)(F)F)cc3)CC2)nc2ccccc12. The summed E-state index contributed by atoms with van der Waals surface area (Å²) in [5.41, 5.74) is 0.841. The van der Waals surface area contributed by atoms with Crippen LogP contribution in [0.5, 0.6) is 5.75 Å². The highest BCUT2D eigenvalue weighted by Crippen LogP contribution is 2.30. The first kappa shape index (κ1) is 28.8. The fourth-order valence-corrected chi connectivity index (χ4v) is 5.68. The Morgan fingerprint density at radius 2 is 1.59 bits per heavy atom. The molecule has 0 spiro atoms. The maximum Gasteiger partial charge on any atom is 0.573 e. The average Bonchev–Trinajstić information content (AvgIpc) is 2.91. The summed E-state index contributed by atoms with van der Waals surface area (Å²) in [6.45, 7) is 2.17. The van der Waals surface area contributed by atoms with E-state index in [9.17, 15) is 21.6 Å². The van der Waals surface area contributed by atoms with E-state index in [2.05, 4.69) is 30.1 Å². The van der Waals surface area contributed by atoms with Crippen molar-refractivity contribution in [3.63, 3.8) is 0 Å². The lowest BCUT2D eigenvalue weighted by atomic mass is 9.82. The fraction of sp³-hybridized carbons (Fsp3) is 0.462. The van der Waals surface area contributed by atoms with Gasteiger partial charge < -0.3 is 20.1 Å². The number of hydrogen-bond donors (Lipinski definition) is 3. The van der Waals surface area contributed by atoms with Gasteiger partial charge in [0.2, 0.25) is 16.0 Å². The van der Waals surface area contributed by atoms with Gasteiger partial charge in [0.1, 0.15) is 11.6 Å². The minimum absolute atomic E-state index is 0.110. The van der Waals surface area contributed by atoms with Crippen molar-refractivity contribution in [2.24, 2.45) is 11.8 Å². The second-order valence-electron chi connectivity index (χ2n) is 9.47. The molecule has 0 atom stereocenters. The first-order valence-electron chi connectivity index (χ1n) is 12.7. The van der Waals surface area contributed by atoms with Gasteiger partial charge in [-0.15, -0.1) is 13.2 Å². The molecule has 1 fully saturated rings. The number of methoxy groups -OCH3 is 1. The zero-order valence-corrected chi connectivity index (χ0v) is 22.3. The molecule has 3 N–H and O–H groups in total. The molecule has 0 radical (unpaired) electrons. The number of alkyl halides is 3. The van der Waals surface area contributed by atoms with Crippen molar-refractivity contribution < 1.29 is 31.1 Å². The van der Waals surface area contributed by atoms with Gasteiger partial charge >= 0.3 is 6.36 Å². The van der Waals surface area contributed by atoms with Crippen LogP contribution >= 0.6 is 0 Å². The maximum atomic E-state index is 12.6. The summed E-state index contributed by atoms with van der Waals surface area (Å²) in [6, 6.07) is 12.0. The molecule has 4 rings (SSSR count). The molecule has 0 aliphatic heterocycles. The van der Waals surface area contributed by atoms with Gasteiger partial charge in [0, 0.05) is 32.1 Å². The number of nitrogens with one attached hydrogen (secondary N) is 3. The Bertz CT molecular complexity index is 1330. The Kier molecular flexibility index (Phi) is 9.46. The van der Waals surface area contributed by atoms with E-state index in [-0.39, 0.29) is 17.4 Å². The van der Waals surface area contributed by atoms with Crippen molar-refractivity contribution in [3.05, 3.63) is 48.5 Å². The first-order chi connectivity index (χ1) is 18.6. The van der Waals surface area contributed by atoms with Gasteiger partial charge in [-0.05, 0) is 73.9 Å². The summed E-state index contributed by atoms with van der Waals surface area (Å²) < 4.78 is 73.6. The van der Waals surface area contributed by atoms with E-state index in [1.165, 1.54) is 0 Å². The predicted octanol–water partition coefficient (Wildman–Crippen LogP) is 4.78. The van der Waals surface area contributed by atoms with Crippen molar-refractivity contribution in [1.82, 2.24) is 14.7 Å². The number of aromatic nitrogens is 2. The van der Waals surface area contributed by atoms with Crippen LogP contribution in [0.2, 0.25) is 0 Å². The molecule has 39 heavy (non-hydrogen) atoms. The Balaban J connectivity index is 1.25. The van der Waals surface area contributed by atoms with Gasteiger partial charge in [-0.3, -0.25) is 0 Å². The van der Waals surface area contributed by atoms with Crippen molar-refractivity contribution in [1.29, 1.82) is 0 Å². The molecule has 0 unspecified atom stereocenters. The average molecular weight is 568 g/mol. The van der Waals surface area contributed by atoms with Gasteiger partial charge in [-0.25, -0.2) is 18.1 Å². The van der Waals surface area contributed by atoms with Crippen LogP contribution in [0.4, 0.5) is 24.9 Å². The van der Waals surface area contributed by atoms with Crippen LogP contribution in [0, 0.1) is 11.8 Å². The molecule has 1 heterocycles. The zero-order valence-electron chi connectivity index (χ0n) is 21.5. The van der Waals surface area contributed by atoms with Crippen molar-refractivity contribution in [3.8, 4) is 5.75 Å². The van der Waals surface area contributed by atoms with Gasteiger partial charge in [-0.1, -0.05) is 12.1 Å². The van der Waals surface area contributed by atoms with Crippen LogP contribution in [0.1, 0.15) is 25.7 Å². The second kappa shape index (κ2) is 12.8. The molecule has 9 nitrogen and oxygen atoms in total. The topological polar surface area (TPSA) is 114 Å². The van der Waals surface area contributed by atoms with Crippen LogP contribution in [0.3, 0.4) is 0 Å². The highest BCUT2D eigenvalue weighted by Gasteiger charge is 2.31. The van der Waals surface area contributed by atoms with E-state index in [1.54, 1.807) is 7.11 Å². The lowest BCUT2D eigenvalue weighted by Crippen LogP contribution is -2.32. The van der Waals surface area contributed by atoms with E-state index >= 15 is 0 Å². The van der Waals surface area contributed by atoms with E-state index in [0.717, 1.165) is 66.7 Å². The van der Waals surface area contributed by atoms with Gasteiger partial charge in [0.15, 0.2) is 0 Å². The summed E-state index contributed by atoms with van der Waals surface area (Å²) in [7, 11) is -2.19. The second-order valence-corrected chi connectivity index (χ2v) is 11.2. The molecular weight excluding hydrogens is 535 g/mol. The van der Waals surface area contributed by atoms with Crippen LogP contribution in [-0.2, 0) is 14.8 Å². The van der Waals surface area contributed by atoms with Crippen LogP contribution in [-0.4, -0.2) is 58.1 Å². The zero-order chi connectivity index (χ0) is 27.9. The van der Waals surface area contributed by atoms with Gasteiger partial charge in [-0.2, -0.15) is 4.98 Å². The number of anilines is 2. The Morgan fingerprint density at radius 3 is 2.26 bits per heavy atom. The Labute approximate surface area is 225 Å². The van der Waals surface area contributed by atoms with E-state index in [1.807, 2.05) is 24.3 Å². The highest BCUT2D eigenvalue weighted by molar-refractivity contribution is 7.89. The molecule has 1 aliphatic carbocycles. The molecule has 0 saturated heterocycles. The van der Waals surface area contributed by atoms with E-state index < -0.39 is 22.1 Å². The molecular formula is C26H32F3N5O4S. The molecule has 0 bridgehead atoms. The number of benzene rings is 2. The van der Waals surface area contributed by atoms with Gasteiger partial charge in [0.25, 0.3) is 0 Å². The van der Waals surface area contributed by atoms with Crippen molar-refractivity contribution in [2.45, 2.75) is 36.9 Å². The normalized spacial score (nSPS) is 18.2. The van der Waals surface area contributed by atoms with Gasteiger partial charge in [0.05, 0.1) is 17.0 Å². The molecule has 3 aromatic rings.